The van der Waals surface area contributed by atoms with Gasteiger partial charge in [-0.2, -0.15) is 0 Å². The first-order valence-electron chi connectivity index (χ1n) is 10.6. The van der Waals surface area contributed by atoms with Crippen LogP contribution in [0, 0.1) is 0 Å². The summed E-state index contributed by atoms with van der Waals surface area (Å²) >= 11 is 0. The second-order valence-corrected chi connectivity index (χ2v) is 9.37. The van der Waals surface area contributed by atoms with Crippen LogP contribution in [0.4, 0.5) is 11.5 Å². The van der Waals surface area contributed by atoms with Crippen molar-refractivity contribution < 1.29 is 17.6 Å². The first-order chi connectivity index (χ1) is 15.5. The average molecular weight is 455 g/mol. The van der Waals surface area contributed by atoms with Gasteiger partial charge in [-0.15, -0.1) is 0 Å². The lowest BCUT2D eigenvalue weighted by Gasteiger charge is -2.26. The molecule has 2 aromatic heterocycles. The van der Waals surface area contributed by atoms with E-state index in [0.717, 1.165) is 6.42 Å². The summed E-state index contributed by atoms with van der Waals surface area (Å²) in [6.07, 6.45) is 4.51. The summed E-state index contributed by atoms with van der Waals surface area (Å²) < 4.78 is 32.9. The van der Waals surface area contributed by atoms with E-state index in [9.17, 15) is 13.2 Å². The Morgan fingerprint density at radius 2 is 2.00 bits per heavy atom. The van der Waals surface area contributed by atoms with Gasteiger partial charge in [-0.05, 0) is 56.2 Å². The van der Waals surface area contributed by atoms with Crippen LogP contribution in [-0.2, 0) is 21.4 Å². The van der Waals surface area contributed by atoms with Crippen molar-refractivity contribution >= 4 is 27.4 Å². The molecule has 0 saturated carbocycles. The third kappa shape index (κ3) is 4.47. The largest absolute Gasteiger partial charge is 0.467 e. The van der Waals surface area contributed by atoms with Gasteiger partial charge in [0.2, 0.25) is 5.91 Å². The SMILES string of the molecule is CCN(c1ccccc1)S(=O)(=O)c1ccc(N2CCCC2C(=O)NCc2ccco2)nc1. The molecule has 3 heterocycles. The molecule has 1 unspecified atom stereocenters. The van der Waals surface area contributed by atoms with Crippen molar-refractivity contribution in [2.75, 3.05) is 22.3 Å². The van der Waals surface area contributed by atoms with E-state index in [0.29, 0.717) is 43.3 Å². The molecule has 1 saturated heterocycles. The topological polar surface area (TPSA) is 95.8 Å². The maximum absolute atomic E-state index is 13.2. The molecule has 32 heavy (non-hydrogen) atoms. The standard InChI is InChI=1S/C23H26N4O4S/c1-2-27(18-8-4-3-5-9-18)32(29,30)20-12-13-22(24-17-20)26-14-6-11-21(26)23(28)25-16-19-10-7-15-31-19/h3-5,7-10,12-13,15,17,21H,2,6,11,14,16H2,1H3,(H,25,28). The molecule has 1 aromatic carbocycles. The zero-order chi connectivity index (χ0) is 22.6. The highest BCUT2D eigenvalue weighted by atomic mass is 32.2. The zero-order valence-electron chi connectivity index (χ0n) is 17.8. The summed E-state index contributed by atoms with van der Waals surface area (Å²) in [7, 11) is -3.75. The minimum Gasteiger partial charge on any atom is -0.467 e. The molecule has 1 aliphatic heterocycles. The van der Waals surface area contributed by atoms with Crippen molar-refractivity contribution in [1.29, 1.82) is 0 Å². The van der Waals surface area contributed by atoms with Crippen LogP contribution in [0.2, 0.25) is 0 Å². The van der Waals surface area contributed by atoms with Crippen molar-refractivity contribution in [1.82, 2.24) is 10.3 Å². The summed E-state index contributed by atoms with van der Waals surface area (Å²) in [6, 6.07) is 15.4. The first-order valence-corrected chi connectivity index (χ1v) is 12.1. The summed E-state index contributed by atoms with van der Waals surface area (Å²) in [6.45, 7) is 3.11. The van der Waals surface area contributed by atoms with Crippen LogP contribution in [-0.4, -0.2) is 38.4 Å². The van der Waals surface area contributed by atoms with E-state index >= 15 is 0 Å². The summed E-state index contributed by atoms with van der Waals surface area (Å²) in [5, 5.41) is 2.90. The summed E-state index contributed by atoms with van der Waals surface area (Å²) in [4.78, 5) is 19.1. The number of nitrogens with one attached hydrogen (secondary N) is 1. The van der Waals surface area contributed by atoms with Gasteiger partial charge in [-0.3, -0.25) is 9.10 Å². The summed E-state index contributed by atoms with van der Waals surface area (Å²) in [5.41, 5.74) is 0.604. The molecule has 0 bridgehead atoms. The molecule has 0 spiro atoms. The fourth-order valence-electron chi connectivity index (χ4n) is 3.93. The highest BCUT2D eigenvalue weighted by Crippen LogP contribution is 2.27. The minimum atomic E-state index is -3.75. The van der Waals surface area contributed by atoms with Crippen LogP contribution >= 0.6 is 0 Å². The van der Waals surface area contributed by atoms with Gasteiger partial charge in [0.05, 0.1) is 18.5 Å². The number of aromatic nitrogens is 1. The maximum atomic E-state index is 13.2. The Kier molecular flexibility index (Phi) is 6.45. The van der Waals surface area contributed by atoms with Crippen LogP contribution in [0.15, 0.2) is 76.4 Å². The van der Waals surface area contributed by atoms with E-state index in [4.69, 9.17) is 4.42 Å². The molecule has 8 nitrogen and oxygen atoms in total. The van der Waals surface area contributed by atoms with E-state index < -0.39 is 10.0 Å². The third-order valence-electron chi connectivity index (χ3n) is 5.51. The fraction of sp³-hybridized carbons (Fsp3) is 0.304. The molecule has 1 amide bonds. The Labute approximate surface area is 187 Å². The predicted molar refractivity (Wildman–Crippen MR) is 122 cm³/mol. The van der Waals surface area contributed by atoms with Crippen molar-refractivity contribution in [3.8, 4) is 0 Å². The number of hydrogen-bond acceptors (Lipinski definition) is 6. The van der Waals surface area contributed by atoms with Crippen LogP contribution < -0.4 is 14.5 Å². The lowest BCUT2D eigenvalue weighted by molar-refractivity contribution is -0.122. The van der Waals surface area contributed by atoms with Gasteiger partial charge in [0.25, 0.3) is 10.0 Å². The monoisotopic (exact) mass is 454 g/mol. The van der Waals surface area contributed by atoms with E-state index in [-0.39, 0.29) is 16.8 Å². The molecule has 0 radical (unpaired) electrons. The predicted octanol–water partition coefficient (Wildman–Crippen LogP) is 3.18. The highest BCUT2D eigenvalue weighted by Gasteiger charge is 2.32. The number of carbonyl (C=O) groups excluding carboxylic acids is 1. The lowest BCUT2D eigenvalue weighted by Crippen LogP contribution is -2.43. The van der Waals surface area contributed by atoms with E-state index in [1.807, 2.05) is 17.0 Å². The van der Waals surface area contributed by atoms with Crippen LogP contribution in [0.25, 0.3) is 0 Å². The second kappa shape index (κ2) is 9.44. The number of sulfonamides is 1. The zero-order valence-corrected chi connectivity index (χ0v) is 18.7. The molecule has 1 N–H and O–H groups in total. The highest BCUT2D eigenvalue weighted by molar-refractivity contribution is 7.92. The number of amides is 1. The summed E-state index contributed by atoms with van der Waals surface area (Å²) in [5.74, 6) is 1.18. The normalized spacial score (nSPS) is 16.2. The number of pyridine rings is 1. The van der Waals surface area contributed by atoms with Gasteiger partial charge in [0, 0.05) is 19.3 Å². The van der Waals surface area contributed by atoms with Gasteiger partial charge in [-0.25, -0.2) is 13.4 Å². The van der Waals surface area contributed by atoms with Crippen molar-refractivity contribution in [2.24, 2.45) is 0 Å². The van der Waals surface area contributed by atoms with E-state index in [1.54, 1.807) is 55.7 Å². The van der Waals surface area contributed by atoms with Crippen LogP contribution in [0.5, 0.6) is 0 Å². The Balaban J connectivity index is 1.49. The number of carbonyl (C=O) groups is 1. The van der Waals surface area contributed by atoms with Gasteiger partial charge in [0.15, 0.2) is 0 Å². The average Bonchev–Trinajstić information content (AvgIpc) is 3.51. The first kappa shape index (κ1) is 21.9. The minimum absolute atomic E-state index is 0.0985. The molecule has 9 heteroatoms. The smallest absolute Gasteiger partial charge is 0.265 e. The molecule has 168 valence electrons. The van der Waals surface area contributed by atoms with Crippen LogP contribution in [0.1, 0.15) is 25.5 Å². The number of para-hydroxylation sites is 1. The van der Waals surface area contributed by atoms with E-state index in [2.05, 4.69) is 10.3 Å². The van der Waals surface area contributed by atoms with Gasteiger partial charge in [0.1, 0.15) is 22.5 Å². The number of anilines is 2. The Morgan fingerprint density at radius 3 is 2.66 bits per heavy atom. The second-order valence-electron chi connectivity index (χ2n) is 7.51. The molecule has 1 atom stereocenters. The molecule has 0 aliphatic carbocycles. The van der Waals surface area contributed by atoms with Crippen molar-refractivity contribution in [2.45, 2.75) is 37.2 Å². The molecule has 3 aromatic rings. The number of nitrogens with zero attached hydrogens (tertiary/aromatic N) is 3. The van der Waals surface area contributed by atoms with Gasteiger partial charge >= 0.3 is 0 Å². The molecule has 4 rings (SSSR count). The molecule has 1 aliphatic rings. The van der Waals surface area contributed by atoms with Gasteiger partial charge in [-0.1, -0.05) is 18.2 Å². The molecular weight excluding hydrogens is 428 g/mol. The molecular formula is C23H26N4O4S. The van der Waals surface area contributed by atoms with Crippen LogP contribution in [0.3, 0.4) is 0 Å². The van der Waals surface area contributed by atoms with Crippen molar-refractivity contribution in [3.05, 3.63) is 72.8 Å². The van der Waals surface area contributed by atoms with E-state index in [1.165, 1.54) is 10.5 Å². The number of furan rings is 1. The lowest BCUT2D eigenvalue weighted by atomic mass is 10.2. The quantitative estimate of drug-likeness (QED) is 0.562. The van der Waals surface area contributed by atoms with Gasteiger partial charge < -0.3 is 14.6 Å². The molecule has 1 fully saturated rings. The number of rotatable bonds is 8. The Bertz CT molecular complexity index is 1130. The Morgan fingerprint density at radius 1 is 1.19 bits per heavy atom. The Hall–Kier alpha value is -3.33. The number of hydrogen-bond donors (Lipinski definition) is 1. The maximum Gasteiger partial charge on any atom is 0.265 e. The van der Waals surface area contributed by atoms with Crippen molar-refractivity contribution in [3.63, 3.8) is 0 Å². The number of benzene rings is 1. The third-order valence-corrected chi connectivity index (χ3v) is 7.39. The fourth-order valence-corrected chi connectivity index (χ4v) is 5.35.